The number of hydrogen-bond donors (Lipinski definition) is 2. The molecule has 9 heteroatoms. The highest BCUT2D eigenvalue weighted by Crippen LogP contribution is 2.27. The fourth-order valence-electron chi connectivity index (χ4n) is 2.29. The summed E-state index contributed by atoms with van der Waals surface area (Å²) in [6.45, 7) is 3.91. The largest absolute Gasteiger partial charge is 0.433 e. The zero-order valence-corrected chi connectivity index (χ0v) is 14.9. The fourth-order valence-corrected chi connectivity index (χ4v) is 2.98. The third kappa shape index (κ3) is 5.62. The Labute approximate surface area is 152 Å². The molecule has 0 aliphatic rings. The highest BCUT2D eigenvalue weighted by Gasteiger charge is 2.33. The van der Waals surface area contributed by atoms with E-state index in [1.54, 1.807) is 0 Å². The van der Waals surface area contributed by atoms with Crippen LogP contribution < -0.4 is 10.9 Å². The third-order valence-corrected chi connectivity index (χ3v) is 4.37. The standard InChI is InChI=1S/C17H18F3N3O2S/c1-10(2)15(11-6-4-3-5-7-11)22-14(25)9-26-16-21-12(17(18,19)20)8-13(24)23-16/h3-8,10,15H,9H2,1-2H3,(H,22,25)(H,21,23,24). The van der Waals surface area contributed by atoms with Crippen molar-refractivity contribution in [1.29, 1.82) is 0 Å². The molecular weight excluding hydrogens is 367 g/mol. The number of halogens is 3. The quantitative estimate of drug-likeness (QED) is 0.590. The van der Waals surface area contributed by atoms with E-state index in [4.69, 9.17) is 0 Å². The number of rotatable bonds is 6. The van der Waals surface area contributed by atoms with Crippen molar-refractivity contribution in [2.75, 3.05) is 5.75 Å². The van der Waals surface area contributed by atoms with Crippen LogP contribution in [0.2, 0.25) is 0 Å². The number of carbonyl (C=O) groups excluding carboxylic acids is 1. The zero-order chi connectivity index (χ0) is 19.3. The van der Waals surface area contributed by atoms with Gasteiger partial charge < -0.3 is 10.3 Å². The first-order valence-electron chi connectivity index (χ1n) is 7.82. The molecule has 140 valence electrons. The van der Waals surface area contributed by atoms with Gasteiger partial charge in [0.15, 0.2) is 10.9 Å². The van der Waals surface area contributed by atoms with Gasteiger partial charge in [0, 0.05) is 6.07 Å². The van der Waals surface area contributed by atoms with Crippen LogP contribution in [0.5, 0.6) is 0 Å². The minimum atomic E-state index is -4.72. The van der Waals surface area contributed by atoms with Gasteiger partial charge in [0.25, 0.3) is 5.56 Å². The Morgan fingerprint density at radius 1 is 1.27 bits per heavy atom. The second-order valence-electron chi connectivity index (χ2n) is 5.92. The van der Waals surface area contributed by atoms with Crippen LogP contribution in [0.4, 0.5) is 13.2 Å². The van der Waals surface area contributed by atoms with Crippen molar-refractivity contribution in [2.24, 2.45) is 5.92 Å². The summed E-state index contributed by atoms with van der Waals surface area (Å²) in [5.41, 5.74) is -1.26. The van der Waals surface area contributed by atoms with E-state index in [9.17, 15) is 22.8 Å². The highest BCUT2D eigenvalue weighted by atomic mass is 32.2. The van der Waals surface area contributed by atoms with Crippen molar-refractivity contribution in [3.8, 4) is 0 Å². The van der Waals surface area contributed by atoms with Gasteiger partial charge in [0.2, 0.25) is 5.91 Å². The van der Waals surface area contributed by atoms with Gasteiger partial charge in [-0.3, -0.25) is 9.59 Å². The average Bonchev–Trinajstić information content (AvgIpc) is 2.57. The summed E-state index contributed by atoms with van der Waals surface area (Å²) in [5.74, 6) is -0.407. The number of benzene rings is 1. The topological polar surface area (TPSA) is 74.8 Å². The molecule has 0 saturated heterocycles. The highest BCUT2D eigenvalue weighted by molar-refractivity contribution is 7.99. The monoisotopic (exact) mass is 385 g/mol. The summed E-state index contributed by atoms with van der Waals surface area (Å²) < 4.78 is 38.1. The van der Waals surface area contributed by atoms with Crippen molar-refractivity contribution < 1.29 is 18.0 Å². The van der Waals surface area contributed by atoms with Crippen LogP contribution in [0.1, 0.15) is 31.1 Å². The Hall–Kier alpha value is -2.29. The first kappa shape index (κ1) is 20.0. The molecule has 1 atom stereocenters. The minimum absolute atomic E-state index is 0.123. The summed E-state index contributed by atoms with van der Waals surface area (Å²) >= 11 is 0.743. The number of alkyl halides is 3. The normalized spacial score (nSPS) is 12.8. The molecular formula is C17H18F3N3O2S. The molecule has 0 bridgehead atoms. The average molecular weight is 385 g/mol. The van der Waals surface area contributed by atoms with Gasteiger partial charge in [0.1, 0.15) is 0 Å². The first-order valence-corrected chi connectivity index (χ1v) is 8.81. The van der Waals surface area contributed by atoms with Crippen molar-refractivity contribution in [3.63, 3.8) is 0 Å². The number of thioether (sulfide) groups is 1. The van der Waals surface area contributed by atoms with E-state index in [2.05, 4.69) is 15.3 Å². The van der Waals surface area contributed by atoms with Gasteiger partial charge in [-0.2, -0.15) is 13.2 Å². The van der Waals surface area contributed by atoms with Gasteiger partial charge in [0.05, 0.1) is 11.8 Å². The number of amides is 1. The number of aromatic amines is 1. The molecule has 2 N–H and O–H groups in total. The van der Waals surface area contributed by atoms with Crippen LogP contribution >= 0.6 is 11.8 Å². The molecule has 1 aromatic carbocycles. The van der Waals surface area contributed by atoms with Crippen LogP contribution in [-0.4, -0.2) is 21.6 Å². The molecule has 0 spiro atoms. The van der Waals surface area contributed by atoms with Gasteiger partial charge in [-0.25, -0.2) is 4.98 Å². The molecule has 2 aromatic rings. The molecule has 0 aliphatic carbocycles. The molecule has 1 heterocycles. The van der Waals surface area contributed by atoms with E-state index in [0.29, 0.717) is 6.07 Å². The van der Waals surface area contributed by atoms with Crippen molar-refractivity contribution in [2.45, 2.75) is 31.2 Å². The Balaban J connectivity index is 2.04. The molecule has 0 saturated carbocycles. The van der Waals surface area contributed by atoms with Crippen molar-refractivity contribution in [1.82, 2.24) is 15.3 Å². The van der Waals surface area contributed by atoms with Crippen LogP contribution in [0.25, 0.3) is 0 Å². The third-order valence-electron chi connectivity index (χ3n) is 3.49. The summed E-state index contributed by atoms with van der Waals surface area (Å²) in [5, 5.41) is 2.61. The van der Waals surface area contributed by atoms with Crippen molar-refractivity contribution >= 4 is 17.7 Å². The predicted octanol–water partition coefficient (Wildman–Crippen LogP) is 3.39. The lowest BCUT2D eigenvalue weighted by atomic mass is 9.96. The summed E-state index contributed by atoms with van der Waals surface area (Å²) in [4.78, 5) is 29.1. The van der Waals surface area contributed by atoms with Crippen LogP contribution in [0.15, 0.2) is 46.3 Å². The molecule has 0 aliphatic heterocycles. The lowest BCUT2D eigenvalue weighted by Gasteiger charge is -2.22. The predicted molar refractivity (Wildman–Crippen MR) is 92.7 cm³/mol. The number of carbonyl (C=O) groups is 1. The maximum atomic E-state index is 12.7. The Morgan fingerprint density at radius 2 is 1.92 bits per heavy atom. The summed E-state index contributed by atoms with van der Waals surface area (Å²) in [7, 11) is 0. The first-order chi connectivity index (χ1) is 12.2. The fraction of sp³-hybridized carbons (Fsp3) is 0.353. The molecule has 1 amide bonds. The van der Waals surface area contributed by atoms with E-state index in [-0.39, 0.29) is 28.8 Å². The van der Waals surface area contributed by atoms with E-state index in [0.717, 1.165) is 17.3 Å². The maximum absolute atomic E-state index is 12.7. The van der Waals surface area contributed by atoms with Crippen LogP contribution in [0, 0.1) is 5.92 Å². The lowest BCUT2D eigenvalue weighted by Crippen LogP contribution is -2.33. The van der Waals surface area contributed by atoms with Crippen LogP contribution in [-0.2, 0) is 11.0 Å². The zero-order valence-electron chi connectivity index (χ0n) is 14.1. The van der Waals surface area contributed by atoms with E-state index in [1.807, 2.05) is 44.2 Å². The van der Waals surface area contributed by atoms with Gasteiger partial charge in [-0.05, 0) is 11.5 Å². The number of hydrogen-bond acceptors (Lipinski definition) is 4. The van der Waals surface area contributed by atoms with Crippen molar-refractivity contribution in [3.05, 3.63) is 58.0 Å². The molecule has 1 unspecified atom stereocenters. The minimum Gasteiger partial charge on any atom is -0.348 e. The van der Waals surface area contributed by atoms with Crippen LogP contribution in [0.3, 0.4) is 0 Å². The molecule has 0 radical (unpaired) electrons. The lowest BCUT2D eigenvalue weighted by molar-refractivity contribution is -0.141. The number of nitrogens with one attached hydrogen (secondary N) is 2. The molecule has 26 heavy (non-hydrogen) atoms. The Morgan fingerprint density at radius 3 is 2.50 bits per heavy atom. The Kier molecular flexibility index (Phi) is 6.47. The van der Waals surface area contributed by atoms with E-state index in [1.165, 1.54) is 0 Å². The molecule has 1 aromatic heterocycles. The Bertz CT molecular complexity index is 807. The van der Waals surface area contributed by atoms with Gasteiger partial charge in [-0.1, -0.05) is 55.9 Å². The SMILES string of the molecule is CC(C)C(NC(=O)CSc1nc(C(F)(F)F)cc(=O)[nH]1)c1ccccc1. The summed E-state index contributed by atoms with van der Waals surface area (Å²) in [6, 6.07) is 9.54. The number of nitrogens with zero attached hydrogens (tertiary/aromatic N) is 1. The number of H-pyrrole nitrogens is 1. The second kappa shape index (κ2) is 8.39. The second-order valence-corrected chi connectivity index (χ2v) is 6.89. The van der Waals surface area contributed by atoms with Gasteiger partial charge >= 0.3 is 6.18 Å². The van der Waals surface area contributed by atoms with E-state index >= 15 is 0 Å². The molecule has 2 rings (SSSR count). The molecule has 0 fully saturated rings. The molecule has 5 nitrogen and oxygen atoms in total. The smallest absolute Gasteiger partial charge is 0.348 e. The van der Waals surface area contributed by atoms with E-state index < -0.39 is 17.4 Å². The summed E-state index contributed by atoms with van der Waals surface area (Å²) in [6.07, 6.45) is -4.72. The number of aromatic nitrogens is 2. The van der Waals surface area contributed by atoms with Gasteiger partial charge in [-0.15, -0.1) is 0 Å². The maximum Gasteiger partial charge on any atom is 0.433 e.